The van der Waals surface area contributed by atoms with Crippen LogP contribution in [0.15, 0.2) is 48.7 Å². The number of hydrogen-bond acceptors (Lipinski definition) is 5. The zero-order chi connectivity index (χ0) is 17.7. The fourth-order valence-corrected chi connectivity index (χ4v) is 3.07. The fourth-order valence-electron chi connectivity index (χ4n) is 3.07. The Morgan fingerprint density at radius 2 is 1.69 bits per heavy atom. The predicted molar refractivity (Wildman–Crippen MR) is 98.7 cm³/mol. The highest BCUT2D eigenvalue weighted by Crippen LogP contribution is 2.27. The Labute approximate surface area is 148 Å². The van der Waals surface area contributed by atoms with E-state index in [2.05, 4.69) is 15.0 Å². The van der Waals surface area contributed by atoms with Gasteiger partial charge in [-0.05, 0) is 42.5 Å². The molecule has 1 N–H and O–H groups in total. The minimum Gasteiger partial charge on any atom is -0.497 e. The summed E-state index contributed by atoms with van der Waals surface area (Å²) in [6.45, 7) is 0. The summed E-state index contributed by atoms with van der Waals surface area (Å²) >= 11 is 0. The normalized spacial score (nSPS) is 11.5. The number of nitrogens with one attached hydrogen (secondary N) is 1. The predicted octanol–water partition coefficient (Wildman–Crippen LogP) is 3.44. The molecule has 5 aromatic rings. The summed E-state index contributed by atoms with van der Waals surface area (Å²) in [5.41, 5.74) is 4.23. The number of aromatic nitrogens is 5. The van der Waals surface area contributed by atoms with Crippen LogP contribution in [0.4, 0.5) is 0 Å². The van der Waals surface area contributed by atoms with E-state index in [9.17, 15) is 0 Å². The van der Waals surface area contributed by atoms with E-state index < -0.39 is 0 Å². The minimum absolute atomic E-state index is 0.543. The number of H-pyrrole nitrogens is 1. The number of aromatic amines is 1. The Bertz CT molecular complexity index is 1250. The third kappa shape index (κ3) is 2.17. The van der Waals surface area contributed by atoms with E-state index in [1.807, 2.05) is 48.7 Å². The van der Waals surface area contributed by atoms with Gasteiger partial charge in [0.05, 0.1) is 26.1 Å². The Morgan fingerprint density at radius 3 is 2.46 bits per heavy atom. The highest BCUT2D eigenvalue weighted by atomic mass is 16.5. The monoisotopic (exact) mass is 345 g/mol. The van der Waals surface area contributed by atoms with E-state index >= 15 is 0 Å². The van der Waals surface area contributed by atoms with Gasteiger partial charge in [-0.3, -0.25) is 0 Å². The van der Waals surface area contributed by atoms with Crippen LogP contribution < -0.4 is 9.47 Å². The van der Waals surface area contributed by atoms with Crippen LogP contribution in [0.5, 0.6) is 11.5 Å². The molecule has 0 aliphatic rings. The van der Waals surface area contributed by atoms with Gasteiger partial charge in [0.25, 0.3) is 5.78 Å². The van der Waals surface area contributed by atoms with Gasteiger partial charge in [-0.15, -0.1) is 0 Å². The molecule has 0 unspecified atom stereocenters. The van der Waals surface area contributed by atoms with Gasteiger partial charge in [0.15, 0.2) is 5.65 Å². The van der Waals surface area contributed by atoms with Crippen molar-refractivity contribution in [2.75, 3.05) is 14.2 Å². The van der Waals surface area contributed by atoms with E-state index in [-0.39, 0.29) is 0 Å². The number of fused-ring (bicyclic) bond motifs is 4. The molecule has 0 bridgehead atoms. The van der Waals surface area contributed by atoms with Crippen LogP contribution in [-0.4, -0.2) is 38.8 Å². The maximum Gasteiger partial charge on any atom is 0.253 e. The second kappa shape index (κ2) is 5.45. The van der Waals surface area contributed by atoms with Crippen molar-refractivity contribution in [2.24, 2.45) is 0 Å². The van der Waals surface area contributed by atoms with Crippen molar-refractivity contribution >= 4 is 27.8 Å². The molecule has 0 saturated carbocycles. The summed E-state index contributed by atoms with van der Waals surface area (Å²) in [5, 5.41) is 5.67. The van der Waals surface area contributed by atoms with E-state index in [0.29, 0.717) is 11.4 Å². The Balaban J connectivity index is 1.69. The average molecular weight is 345 g/mol. The van der Waals surface area contributed by atoms with Crippen LogP contribution in [0.25, 0.3) is 39.1 Å². The van der Waals surface area contributed by atoms with Gasteiger partial charge in [0.1, 0.15) is 17.0 Å². The van der Waals surface area contributed by atoms with Crippen molar-refractivity contribution in [1.82, 2.24) is 24.6 Å². The lowest BCUT2D eigenvalue weighted by Gasteiger charge is -1.99. The highest BCUT2D eigenvalue weighted by Gasteiger charge is 2.13. The lowest BCUT2D eigenvalue weighted by Crippen LogP contribution is -1.93. The smallest absolute Gasteiger partial charge is 0.253 e. The number of hydrogen-bond donors (Lipinski definition) is 1. The summed E-state index contributed by atoms with van der Waals surface area (Å²) in [4.78, 5) is 12.5. The molecule has 0 amide bonds. The summed E-state index contributed by atoms with van der Waals surface area (Å²) in [7, 11) is 3.30. The molecular formula is C19H15N5O2. The lowest BCUT2D eigenvalue weighted by molar-refractivity contribution is 0.415. The topological polar surface area (TPSA) is 77.3 Å². The van der Waals surface area contributed by atoms with Crippen LogP contribution in [0.3, 0.4) is 0 Å². The van der Waals surface area contributed by atoms with Gasteiger partial charge in [-0.1, -0.05) is 0 Å². The Morgan fingerprint density at radius 1 is 0.923 bits per heavy atom. The highest BCUT2D eigenvalue weighted by molar-refractivity contribution is 6.04. The molecule has 3 aromatic heterocycles. The van der Waals surface area contributed by atoms with Gasteiger partial charge < -0.3 is 14.5 Å². The van der Waals surface area contributed by atoms with E-state index in [4.69, 9.17) is 14.6 Å². The Kier molecular flexibility index (Phi) is 3.08. The molecule has 2 aromatic carbocycles. The average Bonchev–Trinajstić information content (AvgIpc) is 3.26. The molecule has 3 heterocycles. The van der Waals surface area contributed by atoms with Crippen LogP contribution in [-0.2, 0) is 0 Å². The minimum atomic E-state index is 0.543. The van der Waals surface area contributed by atoms with Crippen LogP contribution in [0, 0.1) is 0 Å². The van der Waals surface area contributed by atoms with Gasteiger partial charge in [0, 0.05) is 16.5 Å². The second-order valence-electron chi connectivity index (χ2n) is 5.94. The number of nitrogens with zero attached hydrogens (tertiary/aromatic N) is 4. The molecule has 128 valence electrons. The fraction of sp³-hybridized carbons (Fsp3) is 0.105. The third-order valence-electron chi connectivity index (χ3n) is 4.43. The first-order valence-corrected chi connectivity index (χ1v) is 8.12. The van der Waals surface area contributed by atoms with E-state index in [1.165, 1.54) is 0 Å². The molecule has 7 heteroatoms. The van der Waals surface area contributed by atoms with E-state index in [0.717, 1.165) is 39.2 Å². The largest absolute Gasteiger partial charge is 0.497 e. The first-order valence-electron chi connectivity index (χ1n) is 8.12. The van der Waals surface area contributed by atoms with Crippen molar-refractivity contribution < 1.29 is 9.47 Å². The van der Waals surface area contributed by atoms with E-state index in [1.54, 1.807) is 18.7 Å². The van der Waals surface area contributed by atoms with Crippen LogP contribution in [0.1, 0.15) is 0 Å². The third-order valence-corrected chi connectivity index (χ3v) is 4.43. The molecule has 0 fully saturated rings. The molecule has 0 aliphatic carbocycles. The summed E-state index contributed by atoms with van der Waals surface area (Å²) in [5.74, 6) is 2.13. The first kappa shape index (κ1) is 14.7. The Hall–Kier alpha value is -3.61. The van der Waals surface area contributed by atoms with Crippen molar-refractivity contribution in [3.63, 3.8) is 0 Å². The molecule has 26 heavy (non-hydrogen) atoms. The maximum atomic E-state index is 5.32. The van der Waals surface area contributed by atoms with Gasteiger partial charge >= 0.3 is 0 Å². The molecule has 0 aliphatic heterocycles. The SMILES string of the molecule is COc1ccc(-c2cn3nc4c(nc3n2)[nH]c2ccc(OC)cc24)cc1. The molecule has 0 atom stereocenters. The van der Waals surface area contributed by atoms with Gasteiger partial charge in [0.2, 0.25) is 0 Å². The number of benzene rings is 2. The van der Waals surface area contributed by atoms with Crippen molar-refractivity contribution in [3.8, 4) is 22.8 Å². The van der Waals surface area contributed by atoms with Gasteiger partial charge in [-0.25, -0.2) is 9.50 Å². The summed E-state index contributed by atoms with van der Waals surface area (Å²) in [6.07, 6.45) is 1.88. The van der Waals surface area contributed by atoms with Crippen molar-refractivity contribution in [3.05, 3.63) is 48.7 Å². The zero-order valence-electron chi connectivity index (χ0n) is 14.2. The summed E-state index contributed by atoms with van der Waals surface area (Å²) in [6, 6.07) is 13.6. The van der Waals surface area contributed by atoms with Crippen molar-refractivity contribution in [1.29, 1.82) is 0 Å². The molecule has 0 radical (unpaired) electrons. The first-order chi connectivity index (χ1) is 12.7. The molecule has 7 nitrogen and oxygen atoms in total. The lowest BCUT2D eigenvalue weighted by atomic mass is 10.2. The maximum absolute atomic E-state index is 5.32. The van der Waals surface area contributed by atoms with Crippen molar-refractivity contribution in [2.45, 2.75) is 0 Å². The number of methoxy groups -OCH3 is 2. The molecule has 5 rings (SSSR count). The number of imidazole rings is 1. The van der Waals surface area contributed by atoms with Crippen LogP contribution in [0.2, 0.25) is 0 Å². The quantitative estimate of drug-likeness (QED) is 0.542. The number of rotatable bonds is 3. The standard InChI is InChI=1S/C19H15N5O2/c1-25-12-5-3-11(4-6-12)16-10-24-19(21-16)22-18-17(23-24)14-9-13(26-2)7-8-15(14)20-18/h3-10H,1-2H3,(H,20,21,22). The van der Waals surface area contributed by atoms with Gasteiger partial charge in [-0.2, -0.15) is 10.1 Å². The second-order valence-corrected chi connectivity index (χ2v) is 5.94. The molecule has 0 spiro atoms. The van der Waals surface area contributed by atoms with Crippen LogP contribution >= 0.6 is 0 Å². The molecule has 0 saturated heterocycles. The number of ether oxygens (including phenoxy) is 2. The summed E-state index contributed by atoms with van der Waals surface area (Å²) < 4.78 is 12.2. The molecular weight excluding hydrogens is 330 g/mol. The zero-order valence-corrected chi connectivity index (χ0v) is 14.2.